The third-order valence-corrected chi connectivity index (χ3v) is 5.11. The molecule has 1 aliphatic carbocycles. The number of aromatic nitrogens is 4. The lowest BCUT2D eigenvalue weighted by molar-refractivity contribution is 0.0892. The standard InChI is InChI=1S/C20H22FN5O2/c1-11-6-16-17(22-8-11)18(19(27)23-10-20(28)4-5-20)25-26(16)9-14-7-15(21)13(3)24-12(14)2/h6-8,28H,4-5,9-10H2,1-3H3,(H,23,27). The molecule has 1 saturated carbocycles. The van der Waals surface area contributed by atoms with Gasteiger partial charge in [0.2, 0.25) is 0 Å². The van der Waals surface area contributed by atoms with Gasteiger partial charge < -0.3 is 10.4 Å². The van der Waals surface area contributed by atoms with Gasteiger partial charge in [0.25, 0.3) is 5.91 Å². The Balaban J connectivity index is 1.71. The van der Waals surface area contributed by atoms with Crippen molar-refractivity contribution in [2.24, 2.45) is 0 Å². The van der Waals surface area contributed by atoms with E-state index >= 15 is 0 Å². The van der Waals surface area contributed by atoms with Crippen LogP contribution in [0.2, 0.25) is 0 Å². The van der Waals surface area contributed by atoms with Gasteiger partial charge in [0.1, 0.15) is 11.3 Å². The summed E-state index contributed by atoms with van der Waals surface area (Å²) in [6.07, 6.45) is 3.05. The predicted octanol–water partition coefficient (Wildman–Crippen LogP) is 2.19. The number of nitrogens with one attached hydrogen (secondary N) is 1. The maximum atomic E-state index is 14.0. The van der Waals surface area contributed by atoms with Gasteiger partial charge in [0, 0.05) is 18.4 Å². The molecular weight excluding hydrogens is 361 g/mol. The Labute approximate surface area is 161 Å². The van der Waals surface area contributed by atoms with E-state index in [2.05, 4.69) is 20.4 Å². The molecule has 3 aromatic heterocycles. The van der Waals surface area contributed by atoms with E-state index in [1.54, 1.807) is 17.8 Å². The lowest BCUT2D eigenvalue weighted by Gasteiger charge is -2.09. The fourth-order valence-electron chi connectivity index (χ4n) is 3.14. The molecule has 2 N–H and O–H groups in total. The second-order valence-corrected chi connectivity index (χ2v) is 7.59. The molecule has 1 amide bonds. The Morgan fingerprint density at radius 1 is 1.29 bits per heavy atom. The third kappa shape index (κ3) is 3.47. The van der Waals surface area contributed by atoms with Gasteiger partial charge in [-0.15, -0.1) is 0 Å². The molecule has 0 spiro atoms. The summed E-state index contributed by atoms with van der Waals surface area (Å²) in [4.78, 5) is 21.3. The molecule has 3 heterocycles. The zero-order valence-corrected chi connectivity index (χ0v) is 16.1. The molecule has 4 rings (SSSR count). The largest absolute Gasteiger partial charge is 0.388 e. The van der Waals surface area contributed by atoms with Crippen molar-refractivity contribution >= 4 is 16.9 Å². The Morgan fingerprint density at radius 2 is 2.04 bits per heavy atom. The number of aryl methyl sites for hydroxylation is 3. The first-order valence-electron chi connectivity index (χ1n) is 9.22. The van der Waals surface area contributed by atoms with Crippen LogP contribution < -0.4 is 5.32 Å². The minimum Gasteiger partial charge on any atom is -0.388 e. The SMILES string of the molecule is Cc1cnc2c(C(=O)NCC3(O)CC3)nn(Cc3cc(F)c(C)nc3C)c2c1. The average Bonchev–Trinajstić information content (AvgIpc) is 3.28. The molecule has 146 valence electrons. The summed E-state index contributed by atoms with van der Waals surface area (Å²) in [5, 5.41) is 17.1. The van der Waals surface area contributed by atoms with Crippen molar-refractivity contribution in [2.75, 3.05) is 6.54 Å². The Kier molecular flexibility index (Phi) is 4.38. The Hall–Kier alpha value is -2.87. The minimum absolute atomic E-state index is 0.192. The summed E-state index contributed by atoms with van der Waals surface area (Å²) in [6, 6.07) is 3.35. The normalized spacial score (nSPS) is 15.0. The Bertz CT molecular complexity index is 1090. The monoisotopic (exact) mass is 383 g/mol. The van der Waals surface area contributed by atoms with Crippen molar-refractivity contribution in [3.63, 3.8) is 0 Å². The zero-order chi connectivity index (χ0) is 20.1. The number of pyridine rings is 2. The molecule has 0 aromatic carbocycles. The van der Waals surface area contributed by atoms with Crippen LogP contribution >= 0.6 is 0 Å². The smallest absolute Gasteiger partial charge is 0.274 e. The number of hydrogen-bond donors (Lipinski definition) is 2. The van der Waals surface area contributed by atoms with Crippen molar-refractivity contribution in [3.8, 4) is 0 Å². The number of hydrogen-bond acceptors (Lipinski definition) is 5. The van der Waals surface area contributed by atoms with Gasteiger partial charge in [0.05, 0.1) is 23.4 Å². The predicted molar refractivity (Wildman–Crippen MR) is 102 cm³/mol. The molecule has 0 unspecified atom stereocenters. The Morgan fingerprint density at radius 3 is 2.75 bits per heavy atom. The third-order valence-electron chi connectivity index (χ3n) is 5.11. The second-order valence-electron chi connectivity index (χ2n) is 7.59. The first-order chi connectivity index (χ1) is 13.3. The zero-order valence-electron chi connectivity index (χ0n) is 16.1. The van der Waals surface area contributed by atoms with E-state index in [0.717, 1.165) is 5.56 Å². The molecule has 0 atom stereocenters. The molecule has 0 bridgehead atoms. The molecule has 0 saturated heterocycles. The van der Waals surface area contributed by atoms with E-state index in [9.17, 15) is 14.3 Å². The van der Waals surface area contributed by atoms with Gasteiger partial charge in [0.15, 0.2) is 5.69 Å². The van der Waals surface area contributed by atoms with Gasteiger partial charge in [-0.1, -0.05) is 0 Å². The number of carbonyl (C=O) groups excluding carboxylic acids is 1. The molecule has 1 fully saturated rings. The molecule has 3 aromatic rings. The highest BCUT2D eigenvalue weighted by atomic mass is 19.1. The highest BCUT2D eigenvalue weighted by Crippen LogP contribution is 2.34. The van der Waals surface area contributed by atoms with Crippen LogP contribution in [0.3, 0.4) is 0 Å². The first-order valence-corrected chi connectivity index (χ1v) is 9.22. The summed E-state index contributed by atoms with van der Waals surface area (Å²) < 4.78 is 15.6. The first kappa shape index (κ1) is 18.5. The molecular formula is C20H22FN5O2. The van der Waals surface area contributed by atoms with Gasteiger partial charge in [-0.2, -0.15) is 5.10 Å². The van der Waals surface area contributed by atoms with Crippen LogP contribution in [0, 0.1) is 26.6 Å². The lowest BCUT2D eigenvalue weighted by atomic mass is 10.1. The van der Waals surface area contributed by atoms with Gasteiger partial charge in [-0.3, -0.25) is 19.4 Å². The minimum atomic E-state index is -0.791. The van der Waals surface area contributed by atoms with E-state index in [-0.39, 0.29) is 30.5 Å². The fourth-order valence-corrected chi connectivity index (χ4v) is 3.14. The number of nitrogens with zero attached hydrogens (tertiary/aromatic N) is 4. The second kappa shape index (κ2) is 6.63. The number of amides is 1. The van der Waals surface area contributed by atoms with Gasteiger partial charge >= 0.3 is 0 Å². The maximum Gasteiger partial charge on any atom is 0.274 e. The van der Waals surface area contributed by atoms with Crippen LogP contribution in [0.25, 0.3) is 11.0 Å². The highest BCUT2D eigenvalue weighted by Gasteiger charge is 2.40. The average molecular weight is 383 g/mol. The van der Waals surface area contributed by atoms with Crippen molar-refractivity contribution < 1.29 is 14.3 Å². The number of fused-ring (bicyclic) bond motifs is 1. The highest BCUT2D eigenvalue weighted by molar-refractivity contribution is 6.03. The molecule has 28 heavy (non-hydrogen) atoms. The number of aliphatic hydroxyl groups is 1. The van der Waals surface area contributed by atoms with Crippen molar-refractivity contribution in [2.45, 2.75) is 45.8 Å². The van der Waals surface area contributed by atoms with Gasteiger partial charge in [-0.05, 0) is 56.9 Å². The van der Waals surface area contributed by atoms with E-state index < -0.39 is 5.60 Å². The van der Waals surface area contributed by atoms with E-state index in [0.29, 0.717) is 40.8 Å². The van der Waals surface area contributed by atoms with Gasteiger partial charge in [-0.25, -0.2) is 4.39 Å². The summed E-state index contributed by atoms with van der Waals surface area (Å²) >= 11 is 0. The maximum absolute atomic E-state index is 14.0. The lowest BCUT2D eigenvalue weighted by Crippen LogP contribution is -2.33. The fraction of sp³-hybridized carbons (Fsp3) is 0.400. The van der Waals surface area contributed by atoms with Crippen molar-refractivity contribution in [3.05, 3.63) is 52.4 Å². The molecule has 1 aliphatic rings. The molecule has 0 aliphatic heterocycles. The van der Waals surface area contributed by atoms with Crippen LogP contribution in [-0.4, -0.2) is 42.9 Å². The van der Waals surface area contributed by atoms with Crippen LogP contribution in [0.4, 0.5) is 4.39 Å². The molecule has 8 heteroatoms. The number of rotatable bonds is 5. The summed E-state index contributed by atoms with van der Waals surface area (Å²) in [6.45, 7) is 5.82. The number of halogens is 1. The summed E-state index contributed by atoms with van der Waals surface area (Å²) in [7, 11) is 0. The topological polar surface area (TPSA) is 92.9 Å². The number of carbonyl (C=O) groups is 1. The summed E-state index contributed by atoms with van der Waals surface area (Å²) in [5.41, 5.74) is 3.25. The van der Waals surface area contributed by atoms with Crippen LogP contribution in [0.15, 0.2) is 18.3 Å². The quantitative estimate of drug-likeness (QED) is 0.705. The summed E-state index contributed by atoms with van der Waals surface area (Å²) in [5.74, 6) is -0.757. The van der Waals surface area contributed by atoms with Crippen LogP contribution in [0.1, 0.15) is 45.8 Å². The van der Waals surface area contributed by atoms with Crippen LogP contribution in [0.5, 0.6) is 0 Å². The molecule has 0 radical (unpaired) electrons. The van der Waals surface area contributed by atoms with E-state index in [4.69, 9.17) is 0 Å². The van der Waals surface area contributed by atoms with Crippen molar-refractivity contribution in [1.82, 2.24) is 25.1 Å². The van der Waals surface area contributed by atoms with E-state index in [1.165, 1.54) is 6.07 Å². The molecule has 7 nitrogen and oxygen atoms in total. The van der Waals surface area contributed by atoms with E-state index in [1.807, 2.05) is 19.9 Å². The van der Waals surface area contributed by atoms with Crippen LogP contribution in [-0.2, 0) is 6.54 Å². The van der Waals surface area contributed by atoms with Crippen molar-refractivity contribution in [1.29, 1.82) is 0 Å².